The van der Waals surface area contributed by atoms with Crippen LogP contribution in [0.25, 0.3) is 0 Å². The maximum atomic E-state index is 5.32. The predicted octanol–water partition coefficient (Wildman–Crippen LogP) is 2.57. The van der Waals surface area contributed by atoms with Crippen molar-refractivity contribution in [3.63, 3.8) is 0 Å². The molecule has 0 aliphatic heterocycles. The lowest BCUT2D eigenvalue weighted by Gasteiger charge is -2.19. The van der Waals surface area contributed by atoms with Crippen LogP contribution in [0.5, 0.6) is 0 Å². The molecule has 14 heavy (non-hydrogen) atoms. The van der Waals surface area contributed by atoms with Crippen molar-refractivity contribution in [3.8, 4) is 12.3 Å². The summed E-state index contributed by atoms with van der Waals surface area (Å²) in [6, 6.07) is 0.865. The van der Waals surface area contributed by atoms with Crippen LogP contribution in [0.3, 0.4) is 0 Å². The van der Waals surface area contributed by atoms with E-state index in [4.69, 9.17) is 6.42 Å². The van der Waals surface area contributed by atoms with Gasteiger partial charge in [-0.3, -0.25) is 0 Å². The van der Waals surface area contributed by atoms with E-state index in [1.165, 1.54) is 45.1 Å². The molecule has 2 atom stereocenters. The molecular formula is C13H21N. The van der Waals surface area contributed by atoms with E-state index in [-0.39, 0.29) is 0 Å². The standard InChI is InChI=1S/C13H21N/c1-2-3-5-11-6-4-7-12(11)10-14-13-8-9-13/h1,11-14H,3-10H2. The monoisotopic (exact) mass is 191 g/mol. The van der Waals surface area contributed by atoms with Crippen LogP contribution in [0.2, 0.25) is 0 Å². The third-order valence-corrected chi connectivity index (χ3v) is 3.72. The molecule has 0 saturated heterocycles. The van der Waals surface area contributed by atoms with E-state index in [2.05, 4.69) is 11.2 Å². The first-order valence-electron chi connectivity index (χ1n) is 6.07. The fraction of sp³-hybridized carbons (Fsp3) is 0.846. The zero-order valence-corrected chi connectivity index (χ0v) is 8.97. The number of rotatable bonds is 5. The summed E-state index contributed by atoms with van der Waals surface area (Å²) in [5, 5.41) is 3.65. The van der Waals surface area contributed by atoms with E-state index >= 15 is 0 Å². The van der Waals surface area contributed by atoms with E-state index < -0.39 is 0 Å². The lowest BCUT2D eigenvalue weighted by molar-refractivity contribution is 0.350. The van der Waals surface area contributed by atoms with Crippen molar-refractivity contribution in [2.24, 2.45) is 11.8 Å². The third kappa shape index (κ3) is 2.75. The van der Waals surface area contributed by atoms with Gasteiger partial charge in [0.05, 0.1) is 0 Å². The minimum Gasteiger partial charge on any atom is -0.314 e. The average Bonchev–Trinajstić information content (AvgIpc) is 2.92. The van der Waals surface area contributed by atoms with E-state index in [1.807, 2.05) is 0 Å². The Morgan fingerprint density at radius 3 is 2.64 bits per heavy atom. The molecule has 1 heteroatoms. The van der Waals surface area contributed by atoms with E-state index in [0.29, 0.717) is 0 Å². The molecule has 0 heterocycles. The molecule has 0 bridgehead atoms. The molecule has 1 N–H and O–H groups in total. The van der Waals surface area contributed by atoms with Crippen LogP contribution in [-0.2, 0) is 0 Å². The third-order valence-electron chi connectivity index (χ3n) is 3.72. The molecule has 2 aliphatic rings. The van der Waals surface area contributed by atoms with Crippen LogP contribution in [0.4, 0.5) is 0 Å². The summed E-state index contributed by atoms with van der Waals surface area (Å²) < 4.78 is 0. The molecule has 2 rings (SSSR count). The second-order valence-corrected chi connectivity index (χ2v) is 4.88. The van der Waals surface area contributed by atoms with Gasteiger partial charge in [-0.1, -0.05) is 12.8 Å². The molecule has 1 nitrogen and oxygen atoms in total. The molecule has 2 fully saturated rings. The summed E-state index contributed by atoms with van der Waals surface area (Å²) in [5.74, 6) is 4.61. The Bertz CT molecular complexity index is 212. The van der Waals surface area contributed by atoms with Gasteiger partial charge in [0.2, 0.25) is 0 Å². The highest BCUT2D eigenvalue weighted by Gasteiger charge is 2.28. The van der Waals surface area contributed by atoms with Crippen LogP contribution in [-0.4, -0.2) is 12.6 Å². The molecule has 0 aromatic heterocycles. The Balaban J connectivity index is 1.69. The van der Waals surface area contributed by atoms with Gasteiger partial charge in [-0.15, -0.1) is 12.3 Å². The molecule has 0 aromatic rings. The molecule has 0 amide bonds. The highest BCUT2D eigenvalue weighted by molar-refractivity contribution is 4.89. The van der Waals surface area contributed by atoms with Gasteiger partial charge in [-0.05, 0) is 44.1 Å². The Kier molecular flexibility index (Phi) is 3.48. The quantitative estimate of drug-likeness (QED) is 0.659. The topological polar surface area (TPSA) is 12.0 Å². The van der Waals surface area contributed by atoms with E-state index in [0.717, 1.165) is 24.3 Å². The van der Waals surface area contributed by atoms with Gasteiger partial charge < -0.3 is 5.32 Å². The first kappa shape index (κ1) is 10.1. The van der Waals surface area contributed by atoms with E-state index in [1.54, 1.807) is 0 Å². The summed E-state index contributed by atoms with van der Waals surface area (Å²) in [6.07, 6.45) is 14.6. The first-order chi connectivity index (χ1) is 6.90. The van der Waals surface area contributed by atoms with Gasteiger partial charge in [0, 0.05) is 12.5 Å². The van der Waals surface area contributed by atoms with E-state index in [9.17, 15) is 0 Å². The number of hydrogen-bond donors (Lipinski definition) is 1. The van der Waals surface area contributed by atoms with Crippen molar-refractivity contribution in [3.05, 3.63) is 0 Å². The first-order valence-corrected chi connectivity index (χ1v) is 6.07. The fourth-order valence-corrected chi connectivity index (χ4v) is 2.64. The lowest BCUT2D eigenvalue weighted by atomic mass is 9.91. The summed E-state index contributed by atoms with van der Waals surface area (Å²) in [4.78, 5) is 0. The Morgan fingerprint density at radius 2 is 1.93 bits per heavy atom. The number of terminal acetylenes is 1. The van der Waals surface area contributed by atoms with Crippen molar-refractivity contribution in [1.82, 2.24) is 5.32 Å². The normalized spacial score (nSPS) is 31.6. The minimum absolute atomic E-state index is 0.865. The zero-order chi connectivity index (χ0) is 9.80. The molecular weight excluding hydrogens is 170 g/mol. The SMILES string of the molecule is C#CCCC1CCCC1CNC1CC1. The van der Waals surface area contributed by atoms with Crippen molar-refractivity contribution < 1.29 is 0 Å². The van der Waals surface area contributed by atoms with Crippen LogP contribution in [0.15, 0.2) is 0 Å². The van der Waals surface area contributed by atoms with Crippen molar-refractivity contribution in [1.29, 1.82) is 0 Å². The van der Waals surface area contributed by atoms with Crippen LogP contribution >= 0.6 is 0 Å². The fourth-order valence-electron chi connectivity index (χ4n) is 2.64. The lowest BCUT2D eigenvalue weighted by Crippen LogP contribution is -2.26. The van der Waals surface area contributed by atoms with Crippen molar-refractivity contribution in [2.45, 2.75) is 51.0 Å². The molecule has 0 radical (unpaired) electrons. The van der Waals surface area contributed by atoms with Gasteiger partial charge in [-0.25, -0.2) is 0 Å². The maximum Gasteiger partial charge on any atom is 0.00888 e. The predicted molar refractivity (Wildman–Crippen MR) is 59.9 cm³/mol. The van der Waals surface area contributed by atoms with Crippen molar-refractivity contribution >= 4 is 0 Å². The summed E-state index contributed by atoms with van der Waals surface area (Å²) in [6.45, 7) is 1.25. The second-order valence-electron chi connectivity index (χ2n) is 4.88. The van der Waals surface area contributed by atoms with Crippen LogP contribution in [0, 0.1) is 24.2 Å². The van der Waals surface area contributed by atoms with Gasteiger partial charge in [-0.2, -0.15) is 0 Å². The molecule has 0 aromatic carbocycles. The van der Waals surface area contributed by atoms with Gasteiger partial charge in [0.25, 0.3) is 0 Å². The largest absolute Gasteiger partial charge is 0.314 e. The molecule has 0 spiro atoms. The molecule has 78 valence electrons. The van der Waals surface area contributed by atoms with Gasteiger partial charge >= 0.3 is 0 Å². The van der Waals surface area contributed by atoms with Gasteiger partial charge in [0.15, 0.2) is 0 Å². The molecule has 2 saturated carbocycles. The number of nitrogens with one attached hydrogen (secondary N) is 1. The van der Waals surface area contributed by atoms with Gasteiger partial charge in [0.1, 0.15) is 0 Å². The zero-order valence-electron chi connectivity index (χ0n) is 8.97. The minimum atomic E-state index is 0.865. The maximum absolute atomic E-state index is 5.32. The molecule has 2 unspecified atom stereocenters. The smallest absolute Gasteiger partial charge is 0.00888 e. The Hall–Kier alpha value is -0.480. The molecule has 2 aliphatic carbocycles. The summed E-state index contributed by atoms with van der Waals surface area (Å²) >= 11 is 0. The van der Waals surface area contributed by atoms with Crippen LogP contribution < -0.4 is 5.32 Å². The average molecular weight is 191 g/mol. The highest BCUT2D eigenvalue weighted by atomic mass is 14.9. The number of hydrogen-bond acceptors (Lipinski definition) is 1. The van der Waals surface area contributed by atoms with Crippen molar-refractivity contribution in [2.75, 3.05) is 6.54 Å². The highest BCUT2D eigenvalue weighted by Crippen LogP contribution is 2.35. The second kappa shape index (κ2) is 4.84. The van der Waals surface area contributed by atoms with Crippen LogP contribution in [0.1, 0.15) is 44.9 Å². The summed E-state index contributed by atoms with van der Waals surface area (Å²) in [7, 11) is 0. The Labute approximate surface area is 87.7 Å². The summed E-state index contributed by atoms with van der Waals surface area (Å²) in [5.41, 5.74) is 0. The Morgan fingerprint density at radius 1 is 1.14 bits per heavy atom.